The van der Waals surface area contributed by atoms with Crippen molar-refractivity contribution in [2.75, 3.05) is 40.3 Å². The van der Waals surface area contributed by atoms with Crippen molar-refractivity contribution >= 4 is 16.1 Å². The summed E-state index contributed by atoms with van der Waals surface area (Å²) < 4.78 is 32.1. The predicted octanol–water partition coefficient (Wildman–Crippen LogP) is 0.436. The molecule has 0 radical (unpaired) electrons. The Labute approximate surface area is 134 Å². The molecule has 1 aliphatic rings. The lowest BCUT2D eigenvalue weighted by atomic mass is 9.97. The zero-order valence-electron chi connectivity index (χ0n) is 14.0. The highest BCUT2D eigenvalue weighted by Crippen LogP contribution is 2.20. The van der Waals surface area contributed by atoms with Gasteiger partial charge < -0.3 is 10.1 Å². The van der Waals surface area contributed by atoms with Crippen LogP contribution in [0, 0.1) is 5.92 Å². The fraction of sp³-hybridized carbons (Fsp3) is 0.929. The lowest BCUT2D eigenvalue weighted by molar-refractivity contribution is -0.126. The highest BCUT2D eigenvalue weighted by molar-refractivity contribution is 7.86. The van der Waals surface area contributed by atoms with Gasteiger partial charge in [-0.2, -0.15) is 17.0 Å². The molecule has 8 heteroatoms. The third kappa shape index (κ3) is 5.83. The van der Waals surface area contributed by atoms with E-state index in [4.69, 9.17) is 4.74 Å². The molecule has 0 bridgehead atoms. The summed E-state index contributed by atoms with van der Waals surface area (Å²) in [6.45, 7) is 5.99. The van der Waals surface area contributed by atoms with E-state index in [0.717, 1.165) is 6.42 Å². The Kier molecular flexibility index (Phi) is 7.75. The molecule has 0 aliphatic carbocycles. The Hall–Kier alpha value is -0.700. The van der Waals surface area contributed by atoms with Crippen LogP contribution in [0.25, 0.3) is 0 Å². The fourth-order valence-electron chi connectivity index (χ4n) is 2.33. The first kappa shape index (κ1) is 19.3. The third-order valence-electron chi connectivity index (χ3n) is 3.68. The SMILES string of the molecule is CC(C)OCCCNC(=O)C1CCN(S(=O)(=O)N(C)C)CC1. The summed E-state index contributed by atoms with van der Waals surface area (Å²) in [6.07, 6.45) is 2.14. The van der Waals surface area contributed by atoms with Crippen molar-refractivity contribution in [1.82, 2.24) is 13.9 Å². The molecule has 0 unspecified atom stereocenters. The average Bonchev–Trinajstić information content (AvgIpc) is 2.46. The molecule has 0 saturated carbocycles. The maximum Gasteiger partial charge on any atom is 0.281 e. The molecular weight excluding hydrogens is 306 g/mol. The van der Waals surface area contributed by atoms with Crippen LogP contribution in [-0.2, 0) is 19.7 Å². The monoisotopic (exact) mass is 335 g/mol. The second-order valence-electron chi connectivity index (χ2n) is 6.03. The smallest absolute Gasteiger partial charge is 0.281 e. The van der Waals surface area contributed by atoms with Crippen molar-refractivity contribution in [2.24, 2.45) is 5.92 Å². The Morgan fingerprint density at radius 1 is 1.32 bits per heavy atom. The van der Waals surface area contributed by atoms with Crippen molar-refractivity contribution in [3.63, 3.8) is 0 Å². The van der Waals surface area contributed by atoms with Gasteiger partial charge in [0, 0.05) is 46.3 Å². The molecule has 130 valence electrons. The molecule has 1 aliphatic heterocycles. The first-order valence-electron chi connectivity index (χ1n) is 7.82. The van der Waals surface area contributed by atoms with Gasteiger partial charge in [-0.3, -0.25) is 4.79 Å². The van der Waals surface area contributed by atoms with E-state index >= 15 is 0 Å². The summed E-state index contributed by atoms with van der Waals surface area (Å²) in [7, 11) is -0.321. The normalized spacial score (nSPS) is 18.1. The minimum atomic E-state index is -3.36. The summed E-state index contributed by atoms with van der Waals surface area (Å²) in [6, 6.07) is 0. The van der Waals surface area contributed by atoms with Crippen LogP contribution < -0.4 is 5.32 Å². The molecule has 1 rings (SSSR count). The molecule has 0 atom stereocenters. The lowest BCUT2D eigenvalue weighted by Crippen LogP contribution is -2.46. The van der Waals surface area contributed by atoms with Gasteiger partial charge in [-0.1, -0.05) is 0 Å². The van der Waals surface area contributed by atoms with Gasteiger partial charge in [0.15, 0.2) is 0 Å². The molecule has 1 N–H and O–H groups in total. The zero-order chi connectivity index (χ0) is 16.8. The molecule has 1 saturated heterocycles. The van der Waals surface area contributed by atoms with Crippen LogP contribution in [-0.4, -0.2) is 69.4 Å². The minimum absolute atomic E-state index is 0.0199. The predicted molar refractivity (Wildman–Crippen MR) is 85.6 cm³/mol. The number of amides is 1. The van der Waals surface area contributed by atoms with E-state index in [1.54, 1.807) is 0 Å². The summed E-state index contributed by atoms with van der Waals surface area (Å²) in [5, 5.41) is 2.91. The fourth-order valence-corrected chi connectivity index (χ4v) is 3.46. The molecule has 0 aromatic heterocycles. The van der Waals surface area contributed by atoms with Crippen molar-refractivity contribution in [1.29, 1.82) is 0 Å². The third-order valence-corrected chi connectivity index (χ3v) is 5.62. The van der Waals surface area contributed by atoms with Gasteiger partial charge in [0.1, 0.15) is 0 Å². The van der Waals surface area contributed by atoms with E-state index in [9.17, 15) is 13.2 Å². The lowest BCUT2D eigenvalue weighted by Gasteiger charge is -2.32. The summed E-state index contributed by atoms with van der Waals surface area (Å²) in [4.78, 5) is 12.1. The maximum absolute atomic E-state index is 12.1. The number of ether oxygens (including phenoxy) is 1. The average molecular weight is 335 g/mol. The van der Waals surface area contributed by atoms with E-state index in [2.05, 4.69) is 5.32 Å². The molecule has 22 heavy (non-hydrogen) atoms. The number of hydrogen-bond acceptors (Lipinski definition) is 4. The largest absolute Gasteiger partial charge is 0.379 e. The van der Waals surface area contributed by atoms with Crippen molar-refractivity contribution in [2.45, 2.75) is 39.2 Å². The van der Waals surface area contributed by atoms with Crippen LogP contribution in [0.3, 0.4) is 0 Å². The molecule has 0 aromatic carbocycles. The van der Waals surface area contributed by atoms with E-state index in [1.807, 2.05) is 13.8 Å². The quantitative estimate of drug-likeness (QED) is 0.653. The number of carbonyl (C=O) groups is 1. The summed E-state index contributed by atoms with van der Waals surface area (Å²) in [5.41, 5.74) is 0. The number of hydrogen-bond donors (Lipinski definition) is 1. The van der Waals surface area contributed by atoms with E-state index in [-0.39, 0.29) is 17.9 Å². The van der Waals surface area contributed by atoms with E-state index in [1.165, 1.54) is 22.7 Å². The highest BCUT2D eigenvalue weighted by Gasteiger charge is 2.31. The van der Waals surface area contributed by atoms with Crippen LogP contribution >= 0.6 is 0 Å². The van der Waals surface area contributed by atoms with E-state index < -0.39 is 10.2 Å². The van der Waals surface area contributed by atoms with Crippen molar-refractivity contribution in [3.8, 4) is 0 Å². The molecular formula is C14H29N3O4S. The summed E-state index contributed by atoms with van der Waals surface area (Å²) >= 11 is 0. The van der Waals surface area contributed by atoms with Crippen LogP contribution in [0.15, 0.2) is 0 Å². The molecule has 7 nitrogen and oxygen atoms in total. The Balaban J connectivity index is 2.28. The number of carbonyl (C=O) groups excluding carboxylic acids is 1. The van der Waals surface area contributed by atoms with Crippen molar-refractivity contribution in [3.05, 3.63) is 0 Å². The number of nitrogens with one attached hydrogen (secondary N) is 1. The standard InChI is InChI=1S/C14H29N3O4S/c1-12(2)21-11-5-8-15-14(18)13-6-9-17(10-7-13)22(19,20)16(3)4/h12-13H,5-11H2,1-4H3,(H,15,18). The van der Waals surface area contributed by atoms with Crippen LogP contribution in [0.2, 0.25) is 0 Å². The van der Waals surface area contributed by atoms with Crippen LogP contribution in [0.1, 0.15) is 33.1 Å². The molecule has 1 heterocycles. The summed E-state index contributed by atoms with van der Waals surface area (Å²) in [5.74, 6) is -0.0777. The molecule has 0 aromatic rings. The van der Waals surface area contributed by atoms with Gasteiger partial charge in [0.25, 0.3) is 10.2 Å². The van der Waals surface area contributed by atoms with Gasteiger partial charge in [-0.25, -0.2) is 0 Å². The van der Waals surface area contributed by atoms with Crippen LogP contribution in [0.4, 0.5) is 0 Å². The number of rotatable bonds is 8. The zero-order valence-corrected chi connectivity index (χ0v) is 14.9. The second kappa shape index (κ2) is 8.81. The van der Waals surface area contributed by atoms with Crippen molar-refractivity contribution < 1.29 is 17.9 Å². The van der Waals surface area contributed by atoms with Gasteiger partial charge in [0.05, 0.1) is 6.10 Å². The van der Waals surface area contributed by atoms with Gasteiger partial charge in [-0.15, -0.1) is 0 Å². The maximum atomic E-state index is 12.1. The Morgan fingerprint density at radius 3 is 2.41 bits per heavy atom. The number of piperidine rings is 1. The molecule has 1 amide bonds. The van der Waals surface area contributed by atoms with Crippen LogP contribution in [0.5, 0.6) is 0 Å². The number of nitrogens with zero attached hydrogens (tertiary/aromatic N) is 2. The second-order valence-corrected chi connectivity index (χ2v) is 8.17. The van der Waals surface area contributed by atoms with Gasteiger partial charge >= 0.3 is 0 Å². The van der Waals surface area contributed by atoms with Gasteiger partial charge in [0.2, 0.25) is 5.91 Å². The molecule has 1 fully saturated rings. The minimum Gasteiger partial charge on any atom is -0.379 e. The Bertz CT molecular complexity index is 443. The molecule has 0 spiro atoms. The van der Waals surface area contributed by atoms with Gasteiger partial charge in [-0.05, 0) is 33.1 Å². The van der Waals surface area contributed by atoms with E-state index in [0.29, 0.717) is 39.1 Å². The Morgan fingerprint density at radius 2 is 1.91 bits per heavy atom. The first-order chi connectivity index (χ1) is 10.2. The first-order valence-corrected chi connectivity index (χ1v) is 9.21. The highest BCUT2D eigenvalue weighted by atomic mass is 32.2. The topological polar surface area (TPSA) is 79.0 Å².